The number of nitrogens with one attached hydrogen (secondary N) is 1. The fraction of sp³-hybridized carbons (Fsp3) is 0.483. The van der Waals surface area contributed by atoms with Crippen LogP contribution in [0.1, 0.15) is 29.9 Å². The minimum absolute atomic E-state index is 0.0202. The van der Waals surface area contributed by atoms with Crippen molar-refractivity contribution < 1.29 is 23.5 Å². The molecule has 2 fully saturated rings. The van der Waals surface area contributed by atoms with Crippen LogP contribution in [0, 0.1) is 5.92 Å². The van der Waals surface area contributed by atoms with Gasteiger partial charge in [-0.2, -0.15) is 4.98 Å². The van der Waals surface area contributed by atoms with E-state index in [-0.39, 0.29) is 11.8 Å². The van der Waals surface area contributed by atoms with E-state index in [0.29, 0.717) is 36.3 Å². The Morgan fingerprint density at radius 2 is 1.62 bits per heavy atom. The van der Waals surface area contributed by atoms with Gasteiger partial charge in [0.05, 0.1) is 34.0 Å². The third-order valence-electron chi connectivity index (χ3n) is 7.43. The highest BCUT2D eigenvalue weighted by Crippen LogP contribution is 2.31. The molecule has 0 unspecified atom stereocenters. The van der Waals surface area contributed by atoms with Crippen LogP contribution < -0.4 is 14.8 Å². The van der Waals surface area contributed by atoms with E-state index in [2.05, 4.69) is 49.5 Å². The molecule has 2 aliphatic rings. The second-order valence-corrected chi connectivity index (χ2v) is 10.1. The number of benzene rings is 2. The van der Waals surface area contributed by atoms with E-state index < -0.39 is 0 Å². The number of carbonyl (C=O) groups excluding carboxylic acids is 1. The van der Waals surface area contributed by atoms with Crippen molar-refractivity contribution in [3.05, 3.63) is 59.5 Å². The molecule has 10 nitrogen and oxygen atoms in total. The number of methoxy groups -OCH3 is 2. The molecule has 1 aromatic heterocycles. The standard InChI is InChI=1S/C29H37N5O5/c1-36-25-8-7-24(17-26(25)37-2)28-31-27(39-32-28)20-33-11-9-23(10-12-33)29(35)30-18-21-3-5-22(6-4-21)19-34-13-15-38-16-14-34/h3-8,17,23H,9-16,18-20H2,1-2H3,(H,30,35). The van der Waals surface area contributed by atoms with E-state index in [9.17, 15) is 4.79 Å². The molecule has 0 spiro atoms. The Morgan fingerprint density at radius 3 is 2.33 bits per heavy atom. The van der Waals surface area contributed by atoms with Crippen molar-refractivity contribution in [1.82, 2.24) is 25.3 Å². The number of amides is 1. The van der Waals surface area contributed by atoms with Gasteiger partial charge in [-0.15, -0.1) is 0 Å². The predicted molar refractivity (Wildman–Crippen MR) is 145 cm³/mol. The first-order chi connectivity index (χ1) is 19.1. The van der Waals surface area contributed by atoms with Gasteiger partial charge in [0, 0.05) is 37.7 Å². The largest absolute Gasteiger partial charge is 0.493 e. The predicted octanol–water partition coefficient (Wildman–Crippen LogP) is 3.11. The SMILES string of the molecule is COc1ccc(-c2noc(CN3CCC(C(=O)NCc4ccc(CN5CCOCC5)cc4)CC3)n2)cc1OC. The number of nitrogens with zero attached hydrogens (tertiary/aromatic N) is 4. The zero-order valence-corrected chi connectivity index (χ0v) is 22.7. The Morgan fingerprint density at radius 1 is 0.923 bits per heavy atom. The fourth-order valence-corrected chi connectivity index (χ4v) is 5.07. The van der Waals surface area contributed by atoms with Crippen molar-refractivity contribution in [3.63, 3.8) is 0 Å². The third kappa shape index (κ3) is 7.14. The highest BCUT2D eigenvalue weighted by molar-refractivity contribution is 5.78. The van der Waals surface area contributed by atoms with Gasteiger partial charge in [0.2, 0.25) is 17.6 Å². The summed E-state index contributed by atoms with van der Waals surface area (Å²) in [5.74, 6) is 2.47. The molecule has 1 amide bonds. The quantitative estimate of drug-likeness (QED) is 0.420. The van der Waals surface area contributed by atoms with Crippen molar-refractivity contribution >= 4 is 5.91 Å². The number of carbonyl (C=O) groups is 1. The number of rotatable bonds is 10. The van der Waals surface area contributed by atoms with Crippen molar-refractivity contribution in [1.29, 1.82) is 0 Å². The molecule has 3 heterocycles. The molecular weight excluding hydrogens is 498 g/mol. The maximum atomic E-state index is 12.8. The maximum Gasteiger partial charge on any atom is 0.241 e. The van der Waals surface area contributed by atoms with Crippen LogP contribution in [0.15, 0.2) is 47.0 Å². The second kappa shape index (κ2) is 13.1. The van der Waals surface area contributed by atoms with Crippen molar-refractivity contribution in [2.75, 3.05) is 53.6 Å². The van der Waals surface area contributed by atoms with Crippen LogP contribution in [0.4, 0.5) is 0 Å². The zero-order chi connectivity index (χ0) is 27.0. The van der Waals surface area contributed by atoms with E-state index in [1.807, 2.05) is 18.2 Å². The molecule has 0 atom stereocenters. The van der Waals surface area contributed by atoms with Gasteiger partial charge >= 0.3 is 0 Å². The Kier molecular flexibility index (Phi) is 9.08. The summed E-state index contributed by atoms with van der Waals surface area (Å²) < 4.78 is 21.6. The Balaban J connectivity index is 1.05. The lowest BCUT2D eigenvalue weighted by atomic mass is 9.96. The van der Waals surface area contributed by atoms with Crippen LogP contribution in [0.2, 0.25) is 0 Å². The van der Waals surface area contributed by atoms with Gasteiger partial charge in [-0.25, -0.2) is 0 Å². The van der Waals surface area contributed by atoms with Gasteiger partial charge < -0.3 is 24.1 Å². The summed E-state index contributed by atoms with van der Waals surface area (Å²) in [4.78, 5) is 22.0. The van der Waals surface area contributed by atoms with E-state index in [0.717, 1.165) is 69.9 Å². The summed E-state index contributed by atoms with van der Waals surface area (Å²) in [6.07, 6.45) is 1.61. The normalized spacial score (nSPS) is 17.2. The van der Waals surface area contributed by atoms with Crippen LogP contribution in [0.3, 0.4) is 0 Å². The first-order valence-electron chi connectivity index (χ1n) is 13.5. The van der Waals surface area contributed by atoms with Crippen molar-refractivity contribution in [2.45, 2.75) is 32.5 Å². The van der Waals surface area contributed by atoms with Crippen LogP contribution in [0.5, 0.6) is 11.5 Å². The molecule has 1 N–H and O–H groups in total. The zero-order valence-electron chi connectivity index (χ0n) is 22.7. The highest BCUT2D eigenvalue weighted by atomic mass is 16.5. The molecule has 208 valence electrons. The minimum Gasteiger partial charge on any atom is -0.493 e. The molecule has 2 saturated heterocycles. The van der Waals surface area contributed by atoms with Crippen LogP contribution in [0.25, 0.3) is 11.4 Å². The van der Waals surface area contributed by atoms with Gasteiger partial charge in [-0.3, -0.25) is 14.6 Å². The lowest BCUT2D eigenvalue weighted by Crippen LogP contribution is -2.40. The highest BCUT2D eigenvalue weighted by Gasteiger charge is 2.26. The number of hydrogen-bond acceptors (Lipinski definition) is 9. The molecule has 0 saturated carbocycles. The van der Waals surface area contributed by atoms with Crippen LogP contribution in [-0.4, -0.2) is 79.5 Å². The fourth-order valence-electron chi connectivity index (χ4n) is 5.07. The van der Waals surface area contributed by atoms with E-state index in [4.69, 9.17) is 18.7 Å². The molecule has 10 heteroatoms. The van der Waals surface area contributed by atoms with Gasteiger partial charge in [-0.1, -0.05) is 29.4 Å². The van der Waals surface area contributed by atoms with E-state index in [1.165, 1.54) is 5.56 Å². The van der Waals surface area contributed by atoms with Gasteiger partial charge in [-0.05, 0) is 55.3 Å². The number of likely N-dealkylation sites (tertiary alicyclic amines) is 1. The van der Waals surface area contributed by atoms with Crippen molar-refractivity contribution in [2.24, 2.45) is 5.92 Å². The monoisotopic (exact) mass is 535 g/mol. The number of ether oxygens (including phenoxy) is 3. The molecule has 0 radical (unpaired) electrons. The van der Waals surface area contributed by atoms with Gasteiger partial charge in [0.15, 0.2) is 11.5 Å². The molecular formula is C29H37N5O5. The molecule has 0 bridgehead atoms. The second-order valence-electron chi connectivity index (χ2n) is 10.1. The first-order valence-corrected chi connectivity index (χ1v) is 13.5. The molecule has 39 heavy (non-hydrogen) atoms. The summed E-state index contributed by atoms with van der Waals surface area (Å²) in [6.45, 7) is 7.24. The topological polar surface area (TPSA) is 102 Å². The molecule has 0 aliphatic carbocycles. The van der Waals surface area contributed by atoms with Crippen LogP contribution in [-0.2, 0) is 29.2 Å². The summed E-state index contributed by atoms with van der Waals surface area (Å²) in [5.41, 5.74) is 3.20. The summed E-state index contributed by atoms with van der Waals surface area (Å²) in [5, 5.41) is 7.26. The number of hydrogen-bond donors (Lipinski definition) is 1. The minimum atomic E-state index is 0.0202. The molecule has 5 rings (SSSR count). The Bertz CT molecular complexity index is 1220. The first kappa shape index (κ1) is 27.1. The van der Waals surface area contributed by atoms with E-state index >= 15 is 0 Å². The lowest BCUT2D eigenvalue weighted by Gasteiger charge is -2.30. The molecule has 2 aromatic carbocycles. The lowest BCUT2D eigenvalue weighted by molar-refractivity contribution is -0.126. The third-order valence-corrected chi connectivity index (χ3v) is 7.43. The molecule has 3 aromatic rings. The van der Waals surface area contributed by atoms with Crippen LogP contribution >= 0.6 is 0 Å². The Hall–Kier alpha value is -3.47. The number of morpholine rings is 1. The summed E-state index contributed by atoms with van der Waals surface area (Å²) in [6, 6.07) is 14.1. The average Bonchev–Trinajstić information content (AvgIpc) is 3.45. The van der Waals surface area contributed by atoms with Crippen molar-refractivity contribution in [3.8, 4) is 22.9 Å². The number of piperidine rings is 1. The Labute approximate surface area is 229 Å². The summed E-state index contributed by atoms with van der Waals surface area (Å²) in [7, 11) is 3.20. The molecule has 2 aliphatic heterocycles. The van der Waals surface area contributed by atoms with E-state index in [1.54, 1.807) is 14.2 Å². The number of aromatic nitrogens is 2. The smallest absolute Gasteiger partial charge is 0.241 e. The van der Waals surface area contributed by atoms with Gasteiger partial charge in [0.25, 0.3) is 0 Å². The summed E-state index contributed by atoms with van der Waals surface area (Å²) >= 11 is 0. The van der Waals surface area contributed by atoms with Gasteiger partial charge in [0.1, 0.15) is 0 Å². The maximum absolute atomic E-state index is 12.8. The average molecular weight is 536 g/mol.